The van der Waals surface area contributed by atoms with Crippen LogP contribution in [0.3, 0.4) is 0 Å². The molecule has 1 aromatic carbocycles. The average Bonchev–Trinajstić information content (AvgIpc) is 2.21. The Labute approximate surface area is 83.5 Å². The van der Waals surface area contributed by atoms with E-state index < -0.39 is 0 Å². The molecule has 78 valence electrons. The van der Waals surface area contributed by atoms with E-state index in [0.717, 1.165) is 16.9 Å². The Morgan fingerprint density at radius 3 is 2.43 bits per heavy atom. The van der Waals surface area contributed by atoms with Crippen molar-refractivity contribution in [3.8, 4) is 11.5 Å². The van der Waals surface area contributed by atoms with E-state index in [2.05, 4.69) is 4.84 Å². The maximum atomic E-state index is 5.23. The van der Waals surface area contributed by atoms with Crippen molar-refractivity contribution in [2.75, 3.05) is 14.2 Å². The summed E-state index contributed by atoms with van der Waals surface area (Å²) in [5.41, 5.74) is 1.97. The van der Waals surface area contributed by atoms with Crippen LogP contribution in [0.15, 0.2) is 12.1 Å². The first-order valence-corrected chi connectivity index (χ1v) is 4.26. The van der Waals surface area contributed by atoms with Crippen molar-refractivity contribution in [1.29, 1.82) is 0 Å². The Morgan fingerprint density at radius 1 is 1.21 bits per heavy atom. The van der Waals surface area contributed by atoms with Crippen LogP contribution >= 0.6 is 0 Å². The predicted octanol–water partition coefficient (Wildman–Crippen LogP) is 1.40. The van der Waals surface area contributed by atoms with Gasteiger partial charge in [0.05, 0.1) is 20.8 Å². The van der Waals surface area contributed by atoms with Crippen LogP contribution in [0.5, 0.6) is 11.5 Å². The maximum Gasteiger partial charge on any atom is 0.163 e. The van der Waals surface area contributed by atoms with E-state index in [4.69, 9.17) is 15.4 Å². The largest absolute Gasteiger partial charge is 0.493 e. The molecule has 1 aromatic rings. The van der Waals surface area contributed by atoms with Crippen LogP contribution < -0.4 is 15.4 Å². The van der Waals surface area contributed by atoms with Gasteiger partial charge in [0.15, 0.2) is 11.5 Å². The molecule has 2 N–H and O–H groups in total. The minimum Gasteiger partial charge on any atom is -0.493 e. The van der Waals surface area contributed by atoms with Gasteiger partial charge in [-0.15, -0.1) is 0 Å². The van der Waals surface area contributed by atoms with E-state index in [1.807, 2.05) is 19.1 Å². The summed E-state index contributed by atoms with van der Waals surface area (Å²) in [7, 11) is 3.22. The lowest BCUT2D eigenvalue weighted by molar-refractivity contribution is 0.123. The molecule has 4 heteroatoms. The molecular weight excluding hydrogens is 182 g/mol. The Kier molecular flexibility index (Phi) is 3.73. The van der Waals surface area contributed by atoms with Gasteiger partial charge >= 0.3 is 0 Å². The molecule has 0 aliphatic heterocycles. The molecule has 0 bridgehead atoms. The highest BCUT2D eigenvalue weighted by atomic mass is 16.6. The second kappa shape index (κ2) is 4.83. The molecule has 0 atom stereocenters. The molecule has 4 nitrogen and oxygen atoms in total. The van der Waals surface area contributed by atoms with Crippen molar-refractivity contribution in [3.63, 3.8) is 0 Å². The molecule has 0 amide bonds. The summed E-state index contributed by atoms with van der Waals surface area (Å²) < 4.78 is 10.4. The van der Waals surface area contributed by atoms with E-state index in [9.17, 15) is 0 Å². The summed E-state index contributed by atoms with van der Waals surface area (Å²) >= 11 is 0. The number of ether oxygens (including phenoxy) is 2. The van der Waals surface area contributed by atoms with Crippen LogP contribution in [-0.4, -0.2) is 14.2 Å². The predicted molar refractivity (Wildman–Crippen MR) is 53.3 cm³/mol. The normalized spacial score (nSPS) is 10.0. The molecule has 0 heterocycles. The second-order valence-electron chi connectivity index (χ2n) is 2.90. The molecule has 0 aliphatic carbocycles. The summed E-state index contributed by atoms with van der Waals surface area (Å²) in [6.45, 7) is 2.31. The number of hydrogen-bond acceptors (Lipinski definition) is 4. The lowest BCUT2D eigenvalue weighted by Crippen LogP contribution is -2.02. The Hall–Kier alpha value is -1.26. The average molecular weight is 197 g/mol. The fraction of sp³-hybridized carbons (Fsp3) is 0.400. The van der Waals surface area contributed by atoms with E-state index in [1.165, 1.54) is 0 Å². The maximum absolute atomic E-state index is 5.23. The Morgan fingerprint density at radius 2 is 1.93 bits per heavy atom. The van der Waals surface area contributed by atoms with E-state index in [1.54, 1.807) is 14.2 Å². The Bertz CT molecular complexity index is 312. The first kappa shape index (κ1) is 10.8. The molecule has 0 unspecified atom stereocenters. The fourth-order valence-electron chi connectivity index (χ4n) is 1.37. The lowest BCUT2D eigenvalue weighted by Gasteiger charge is -2.13. The zero-order valence-corrected chi connectivity index (χ0v) is 8.66. The van der Waals surface area contributed by atoms with Crippen molar-refractivity contribution < 1.29 is 14.3 Å². The summed E-state index contributed by atoms with van der Waals surface area (Å²) in [4.78, 5) is 4.59. The SMILES string of the molecule is COc1ccc(CON)c(C)c1OC. The van der Waals surface area contributed by atoms with E-state index >= 15 is 0 Å². The van der Waals surface area contributed by atoms with Crippen molar-refractivity contribution in [2.24, 2.45) is 5.90 Å². The van der Waals surface area contributed by atoms with Gasteiger partial charge in [-0.2, -0.15) is 0 Å². The van der Waals surface area contributed by atoms with Gasteiger partial charge in [-0.1, -0.05) is 6.07 Å². The third kappa shape index (κ3) is 1.97. The van der Waals surface area contributed by atoms with Crippen molar-refractivity contribution in [3.05, 3.63) is 23.3 Å². The van der Waals surface area contributed by atoms with Crippen molar-refractivity contribution in [2.45, 2.75) is 13.5 Å². The van der Waals surface area contributed by atoms with Gasteiger partial charge in [0.1, 0.15) is 0 Å². The third-order valence-corrected chi connectivity index (χ3v) is 2.14. The highest BCUT2D eigenvalue weighted by molar-refractivity contribution is 5.49. The van der Waals surface area contributed by atoms with Crippen molar-refractivity contribution >= 4 is 0 Å². The first-order chi connectivity index (χ1) is 6.74. The van der Waals surface area contributed by atoms with Crippen LogP contribution in [0.2, 0.25) is 0 Å². The van der Waals surface area contributed by atoms with Crippen LogP contribution in [0.1, 0.15) is 11.1 Å². The quantitative estimate of drug-likeness (QED) is 0.741. The van der Waals surface area contributed by atoms with Crippen LogP contribution in [0.4, 0.5) is 0 Å². The number of nitrogens with two attached hydrogens (primary N) is 1. The van der Waals surface area contributed by atoms with Gasteiger partial charge in [0.2, 0.25) is 0 Å². The number of benzene rings is 1. The molecule has 0 radical (unpaired) electrons. The van der Waals surface area contributed by atoms with Crippen LogP contribution in [0, 0.1) is 6.92 Å². The standard InChI is InChI=1S/C10H15NO3/c1-7-8(6-14-11)4-5-9(12-2)10(7)13-3/h4-5H,6,11H2,1-3H3. The summed E-state index contributed by atoms with van der Waals surface area (Å²) in [6.07, 6.45) is 0. The van der Waals surface area contributed by atoms with Gasteiger partial charge in [-0.25, -0.2) is 5.90 Å². The zero-order valence-electron chi connectivity index (χ0n) is 8.66. The molecule has 0 spiro atoms. The van der Waals surface area contributed by atoms with Gasteiger partial charge < -0.3 is 9.47 Å². The van der Waals surface area contributed by atoms with Crippen LogP contribution in [-0.2, 0) is 11.4 Å². The molecule has 1 rings (SSSR count). The van der Waals surface area contributed by atoms with Crippen molar-refractivity contribution in [1.82, 2.24) is 0 Å². The highest BCUT2D eigenvalue weighted by Gasteiger charge is 2.10. The van der Waals surface area contributed by atoms with Gasteiger partial charge in [0.25, 0.3) is 0 Å². The van der Waals surface area contributed by atoms with E-state index in [-0.39, 0.29) is 0 Å². The molecule has 0 aromatic heterocycles. The topological polar surface area (TPSA) is 53.7 Å². The summed E-state index contributed by atoms with van der Waals surface area (Å²) in [5.74, 6) is 6.46. The van der Waals surface area contributed by atoms with Gasteiger partial charge in [-0.05, 0) is 18.6 Å². The summed E-state index contributed by atoms with van der Waals surface area (Å²) in [5, 5.41) is 0. The number of methoxy groups -OCH3 is 2. The minimum atomic E-state index is 0.367. The van der Waals surface area contributed by atoms with Gasteiger partial charge in [0, 0.05) is 5.56 Å². The summed E-state index contributed by atoms with van der Waals surface area (Å²) in [6, 6.07) is 3.74. The number of rotatable bonds is 4. The lowest BCUT2D eigenvalue weighted by atomic mass is 10.1. The molecule has 0 aliphatic rings. The first-order valence-electron chi connectivity index (χ1n) is 4.26. The molecule has 0 saturated carbocycles. The van der Waals surface area contributed by atoms with Crippen LogP contribution in [0.25, 0.3) is 0 Å². The Balaban J connectivity index is 3.13. The molecule has 14 heavy (non-hydrogen) atoms. The second-order valence-corrected chi connectivity index (χ2v) is 2.90. The molecule has 0 saturated heterocycles. The fourth-order valence-corrected chi connectivity index (χ4v) is 1.37. The van der Waals surface area contributed by atoms with E-state index in [0.29, 0.717) is 12.4 Å². The monoisotopic (exact) mass is 197 g/mol. The zero-order chi connectivity index (χ0) is 10.6. The number of hydrogen-bond donors (Lipinski definition) is 1. The smallest absolute Gasteiger partial charge is 0.163 e. The molecule has 0 fully saturated rings. The highest BCUT2D eigenvalue weighted by Crippen LogP contribution is 2.32. The third-order valence-electron chi connectivity index (χ3n) is 2.14. The minimum absolute atomic E-state index is 0.367. The van der Waals surface area contributed by atoms with Gasteiger partial charge in [-0.3, -0.25) is 4.84 Å². The molecular formula is C10H15NO3.